The highest BCUT2D eigenvalue weighted by molar-refractivity contribution is 5.58. The molecule has 2 bridgehead atoms. The number of fused-ring (bicyclic) bond motifs is 3. The maximum atomic E-state index is 11.3. The van der Waals surface area contributed by atoms with Crippen molar-refractivity contribution < 1.29 is 5.11 Å². The Morgan fingerprint density at radius 1 is 1.38 bits per heavy atom. The van der Waals surface area contributed by atoms with Crippen LogP contribution in [0.25, 0.3) is 5.78 Å². The van der Waals surface area contributed by atoms with E-state index in [9.17, 15) is 5.11 Å². The fourth-order valence-electron chi connectivity index (χ4n) is 4.76. The smallest absolute Gasteiger partial charge is 0.254 e. The molecule has 0 unspecified atom stereocenters. The molecule has 2 fully saturated rings. The van der Waals surface area contributed by atoms with E-state index in [4.69, 9.17) is 5.73 Å². The third kappa shape index (κ3) is 1.68. The van der Waals surface area contributed by atoms with Gasteiger partial charge in [-0.1, -0.05) is 32.6 Å². The number of aromatic nitrogens is 4. The Morgan fingerprint density at radius 2 is 2.12 bits per heavy atom. The fraction of sp³-hybridized carbons (Fsp3) is 0.611. The van der Waals surface area contributed by atoms with Gasteiger partial charge in [-0.3, -0.25) is 0 Å². The van der Waals surface area contributed by atoms with E-state index in [1.807, 2.05) is 6.92 Å². The third-order valence-electron chi connectivity index (χ3n) is 6.93. The molecule has 2 saturated carbocycles. The Labute approximate surface area is 141 Å². The summed E-state index contributed by atoms with van der Waals surface area (Å²) in [5.41, 5.74) is 6.41. The van der Waals surface area contributed by atoms with Crippen molar-refractivity contribution in [2.24, 2.45) is 16.7 Å². The van der Waals surface area contributed by atoms with Crippen LogP contribution in [0.4, 0.5) is 5.82 Å². The molecule has 0 amide bonds. The molecule has 6 nitrogen and oxygen atoms in total. The van der Waals surface area contributed by atoms with Gasteiger partial charge in [-0.05, 0) is 37.5 Å². The Kier molecular flexibility index (Phi) is 2.88. The van der Waals surface area contributed by atoms with E-state index >= 15 is 0 Å². The van der Waals surface area contributed by atoms with Crippen LogP contribution in [-0.2, 0) is 0 Å². The lowest BCUT2D eigenvalue weighted by molar-refractivity contribution is -0.0432. The minimum Gasteiger partial charge on any atom is -0.382 e. The van der Waals surface area contributed by atoms with Gasteiger partial charge in [0.15, 0.2) is 0 Å². The molecule has 126 valence electrons. The van der Waals surface area contributed by atoms with Gasteiger partial charge >= 0.3 is 0 Å². The number of rotatable bonds is 0. The monoisotopic (exact) mass is 325 g/mol. The second-order valence-corrected chi connectivity index (χ2v) is 8.03. The van der Waals surface area contributed by atoms with E-state index in [1.54, 1.807) is 0 Å². The first-order valence-electron chi connectivity index (χ1n) is 8.41. The molecule has 0 aliphatic heterocycles. The van der Waals surface area contributed by atoms with Gasteiger partial charge in [0.2, 0.25) is 0 Å². The van der Waals surface area contributed by atoms with Crippen molar-refractivity contribution >= 4 is 11.6 Å². The van der Waals surface area contributed by atoms with Crippen molar-refractivity contribution in [1.29, 1.82) is 0 Å². The quantitative estimate of drug-likeness (QED) is 0.723. The number of aliphatic hydroxyl groups is 1. The summed E-state index contributed by atoms with van der Waals surface area (Å²) in [7, 11) is 0. The Balaban J connectivity index is 1.81. The number of nitrogens with zero attached hydrogens (tertiary/aromatic N) is 4. The van der Waals surface area contributed by atoms with Crippen molar-refractivity contribution in [3.05, 3.63) is 17.6 Å². The van der Waals surface area contributed by atoms with Gasteiger partial charge < -0.3 is 10.8 Å². The molecule has 24 heavy (non-hydrogen) atoms. The molecule has 2 aromatic rings. The van der Waals surface area contributed by atoms with Crippen LogP contribution in [0.2, 0.25) is 0 Å². The summed E-state index contributed by atoms with van der Waals surface area (Å²) in [6.07, 6.45) is 4.32. The molecule has 2 heterocycles. The van der Waals surface area contributed by atoms with Gasteiger partial charge in [-0.15, -0.1) is 0 Å². The number of aryl methyl sites for hydroxylation is 1. The zero-order valence-corrected chi connectivity index (χ0v) is 14.6. The molecular weight excluding hydrogens is 302 g/mol. The molecule has 0 saturated heterocycles. The predicted octanol–water partition coefficient (Wildman–Crippen LogP) is 1.94. The SMILES string of the molecule is Cc1nc2ncnn2c(N)c1C#C[C@]1(O)C[C@H]2CC[C@@]1(C)C2(C)C. The van der Waals surface area contributed by atoms with Crippen LogP contribution in [0.3, 0.4) is 0 Å². The average molecular weight is 325 g/mol. The number of hydrogen-bond donors (Lipinski definition) is 2. The molecule has 3 N–H and O–H groups in total. The van der Waals surface area contributed by atoms with E-state index in [-0.39, 0.29) is 10.8 Å². The maximum absolute atomic E-state index is 11.3. The molecule has 4 rings (SSSR count). The highest BCUT2D eigenvalue weighted by atomic mass is 16.3. The molecule has 0 aromatic carbocycles. The van der Waals surface area contributed by atoms with Crippen molar-refractivity contribution in [2.75, 3.05) is 5.73 Å². The first-order chi connectivity index (χ1) is 11.2. The van der Waals surface area contributed by atoms with Crippen molar-refractivity contribution in [3.63, 3.8) is 0 Å². The standard InChI is InChI=1S/C18H23N5O/c1-11-13(14(19)23-15(22-11)20-10-21-23)6-8-18(24)9-12-5-7-17(18,4)16(12,2)3/h10,12,24H,5,7,9,19H2,1-4H3/t12-,17+,18+/m1/s1. The molecular formula is C18H23N5O. The summed E-state index contributed by atoms with van der Waals surface area (Å²) in [5.74, 6) is 7.67. The van der Waals surface area contributed by atoms with Gasteiger partial charge in [0.25, 0.3) is 5.78 Å². The summed E-state index contributed by atoms with van der Waals surface area (Å²) in [5, 5.41) is 15.4. The van der Waals surface area contributed by atoms with Crippen LogP contribution in [0.5, 0.6) is 0 Å². The van der Waals surface area contributed by atoms with Crippen LogP contribution < -0.4 is 5.73 Å². The van der Waals surface area contributed by atoms with Crippen LogP contribution in [0, 0.1) is 35.5 Å². The van der Waals surface area contributed by atoms with Crippen LogP contribution >= 0.6 is 0 Å². The van der Waals surface area contributed by atoms with E-state index < -0.39 is 5.60 Å². The molecule has 3 atom stereocenters. The van der Waals surface area contributed by atoms with Crippen LogP contribution in [0.15, 0.2) is 6.33 Å². The Morgan fingerprint density at radius 3 is 2.75 bits per heavy atom. The van der Waals surface area contributed by atoms with Gasteiger partial charge in [0.1, 0.15) is 17.7 Å². The van der Waals surface area contributed by atoms with E-state index in [0.29, 0.717) is 28.8 Å². The molecule has 0 radical (unpaired) electrons. The van der Waals surface area contributed by atoms with Gasteiger partial charge in [-0.2, -0.15) is 14.6 Å². The predicted molar refractivity (Wildman–Crippen MR) is 91.0 cm³/mol. The second-order valence-electron chi connectivity index (χ2n) is 8.03. The largest absolute Gasteiger partial charge is 0.382 e. The first-order valence-corrected chi connectivity index (χ1v) is 8.41. The van der Waals surface area contributed by atoms with Gasteiger partial charge in [0, 0.05) is 5.41 Å². The van der Waals surface area contributed by atoms with Crippen molar-refractivity contribution in [1.82, 2.24) is 19.6 Å². The maximum Gasteiger partial charge on any atom is 0.254 e. The normalized spacial score (nSPS) is 33.6. The van der Waals surface area contributed by atoms with E-state index in [2.05, 4.69) is 47.7 Å². The number of anilines is 1. The van der Waals surface area contributed by atoms with Crippen molar-refractivity contribution in [3.8, 4) is 11.8 Å². The minimum absolute atomic E-state index is 0.0884. The van der Waals surface area contributed by atoms with E-state index in [1.165, 1.54) is 17.3 Å². The second kappa shape index (κ2) is 4.48. The number of nitrogen functional groups attached to an aromatic ring is 1. The third-order valence-corrected chi connectivity index (χ3v) is 6.93. The molecule has 2 aromatic heterocycles. The lowest BCUT2D eigenvalue weighted by Gasteiger charge is -2.42. The summed E-state index contributed by atoms with van der Waals surface area (Å²) in [6.45, 7) is 8.54. The first kappa shape index (κ1) is 15.4. The Hall–Kier alpha value is -2.13. The van der Waals surface area contributed by atoms with Crippen LogP contribution in [0.1, 0.15) is 51.3 Å². The summed E-state index contributed by atoms with van der Waals surface area (Å²) in [4.78, 5) is 8.44. The summed E-state index contributed by atoms with van der Waals surface area (Å²) >= 11 is 0. The molecule has 6 heteroatoms. The lowest BCUT2D eigenvalue weighted by Crippen LogP contribution is -2.46. The lowest BCUT2D eigenvalue weighted by atomic mass is 9.64. The van der Waals surface area contributed by atoms with Crippen LogP contribution in [-0.4, -0.2) is 30.3 Å². The topological polar surface area (TPSA) is 89.3 Å². The van der Waals surface area contributed by atoms with Gasteiger partial charge in [-0.25, -0.2) is 4.98 Å². The summed E-state index contributed by atoms with van der Waals surface area (Å²) < 4.78 is 1.48. The molecule has 2 aliphatic carbocycles. The zero-order chi connectivity index (χ0) is 17.3. The molecule has 2 aliphatic rings. The highest BCUT2D eigenvalue weighted by Gasteiger charge is 2.68. The minimum atomic E-state index is -0.990. The van der Waals surface area contributed by atoms with Crippen molar-refractivity contribution in [2.45, 2.75) is 52.6 Å². The zero-order valence-electron chi connectivity index (χ0n) is 14.6. The molecule has 0 spiro atoms. The average Bonchev–Trinajstić information content (AvgIpc) is 3.09. The van der Waals surface area contributed by atoms with E-state index in [0.717, 1.165) is 12.8 Å². The number of nitrogens with two attached hydrogens (primary N) is 1. The summed E-state index contributed by atoms with van der Waals surface area (Å²) in [6, 6.07) is 0. The van der Waals surface area contributed by atoms with Gasteiger partial charge in [0.05, 0.1) is 11.3 Å². The Bertz CT molecular complexity index is 905. The highest BCUT2D eigenvalue weighted by Crippen LogP contribution is 2.69. The fourth-order valence-corrected chi connectivity index (χ4v) is 4.76. The number of hydrogen-bond acceptors (Lipinski definition) is 5.